The maximum Gasteiger partial charge on any atom is 0.234 e. The number of piperidine rings is 1. The average molecular weight is 351 g/mol. The lowest BCUT2D eigenvalue weighted by molar-refractivity contribution is -0.123. The van der Waals surface area contributed by atoms with Crippen LogP contribution in [0.5, 0.6) is 0 Å². The SMILES string of the molecule is O=C(CN1CCN(CC2CCCO2)CC1)NC1CCN(C2CC2)CC1. The van der Waals surface area contributed by atoms with Crippen molar-refractivity contribution in [3.05, 3.63) is 0 Å². The lowest BCUT2D eigenvalue weighted by Gasteiger charge is -2.36. The van der Waals surface area contributed by atoms with Gasteiger partial charge in [-0.15, -0.1) is 0 Å². The highest BCUT2D eigenvalue weighted by Crippen LogP contribution is 2.29. The Hall–Kier alpha value is -0.690. The van der Waals surface area contributed by atoms with Crippen LogP contribution in [0.15, 0.2) is 0 Å². The minimum absolute atomic E-state index is 0.220. The van der Waals surface area contributed by atoms with Crippen molar-refractivity contribution in [3.63, 3.8) is 0 Å². The van der Waals surface area contributed by atoms with Crippen molar-refractivity contribution in [2.24, 2.45) is 0 Å². The molecule has 1 amide bonds. The maximum absolute atomic E-state index is 12.4. The maximum atomic E-state index is 12.4. The minimum Gasteiger partial charge on any atom is -0.377 e. The highest BCUT2D eigenvalue weighted by Gasteiger charge is 2.32. The summed E-state index contributed by atoms with van der Waals surface area (Å²) in [4.78, 5) is 19.8. The summed E-state index contributed by atoms with van der Waals surface area (Å²) < 4.78 is 5.73. The Morgan fingerprint density at radius 2 is 1.64 bits per heavy atom. The van der Waals surface area contributed by atoms with Crippen molar-refractivity contribution < 1.29 is 9.53 Å². The molecule has 3 aliphatic heterocycles. The fraction of sp³-hybridized carbons (Fsp3) is 0.947. The number of piperazine rings is 1. The number of hydrogen-bond donors (Lipinski definition) is 1. The Morgan fingerprint density at radius 3 is 2.28 bits per heavy atom. The standard InChI is InChI=1S/C19H34N4O2/c24-19(20-16-5-7-23(8-6-16)17-3-4-17)15-22-11-9-21(10-12-22)14-18-2-1-13-25-18/h16-18H,1-15H2,(H,20,24). The second-order valence-corrected chi connectivity index (χ2v) is 8.32. The third kappa shape index (κ3) is 5.16. The topological polar surface area (TPSA) is 48.1 Å². The van der Waals surface area contributed by atoms with E-state index >= 15 is 0 Å². The van der Waals surface area contributed by atoms with Gasteiger partial charge >= 0.3 is 0 Å². The van der Waals surface area contributed by atoms with Gasteiger partial charge in [0.15, 0.2) is 0 Å². The number of amides is 1. The molecular weight excluding hydrogens is 316 g/mol. The summed E-state index contributed by atoms with van der Waals surface area (Å²) in [7, 11) is 0. The number of likely N-dealkylation sites (tertiary alicyclic amines) is 1. The smallest absolute Gasteiger partial charge is 0.234 e. The van der Waals surface area contributed by atoms with E-state index in [1.807, 2.05) is 0 Å². The van der Waals surface area contributed by atoms with Crippen LogP contribution < -0.4 is 5.32 Å². The van der Waals surface area contributed by atoms with Crippen molar-refractivity contribution in [1.82, 2.24) is 20.0 Å². The number of ether oxygens (including phenoxy) is 1. The van der Waals surface area contributed by atoms with Crippen molar-refractivity contribution in [1.29, 1.82) is 0 Å². The molecule has 3 saturated heterocycles. The molecule has 1 unspecified atom stereocenters. The van der Waals surface area contributed by atoms with E-state index in [1.165, 1.54) is 25.7 Å². The molecule has 4 aliphatic rings. The van der Waals surface area contributed by atoms with Gasteiger partial charge in [-0.05, 0) is 38.5 Å². The van der Waals surface area contributed by atoms with Crippen molar-refractivity contribution in [3.8, 4) is 0 Å². The van der Waals surface area contributed by atoms with Gasteiger partial charge in [-0.25, -0.2) is 0 Å². The van der Waals surface area contributed by atoms with Crippen LogP contribution in [0.1, 0.15) is 38.5 Å². The third-order valence-electron chi connectivity index (χ3n) is 6.28. The number of hydrogen-bond acceptors (Lipinski definition) is 5. The highest BCUT2D eigenvalue weighted by atomic mass is 16.5. The molecule has 0 aromatic carbocycles. The zero-order valence-corrected chi connectivity index (χ0v) is 15.5. The monoisotopic (exact) mass is 350 g/mol. The molecule has 0 aromatic rings. The van der Waals surface area contributed by atoms with Gasteiger partial charge in [0.25, 0.3) is 0 Å². The van der Waals surface area contributed by atoms with Crippen LogP contribution in [0.2, 0.25) is 0 Å². The Labute approximate surface area is 151 Å². The molecule has 1 N–H and O–H groups in total. The van der Waals surface area contributed by atoms with Gasteiger partial charge in [0.2, 0.25) is 5.91 Å². The fourth-order valence-corrected chi connectivity index (χ4v) is 4.53. The molecule has 1 aliphatic carbocycles. The Balaban J connectivity index is 1.11. The molecule has 6 nitrogen and oxygen atoms in total. The lowest BCUT2D eigenvalue weighted by atomic mass is 10.0. The first kappa shape index (κ1) is 17.7. The van der Waals surface area contributed by atoms with Crippen LogP contribution in [0.25, 0.3) is 0 Å². The molecule has 0 bridgehead atoms. The van der Waals surface area contributed by atoms with Gasteiger partial charge in [-0.3, -0.25) is 14.6 Å². The van der Waals surface area contributed by atoms with Gasteiger partial charge in [-0.2, -0.15) is 0 Å². The van der Waals surface area contributed by atoms with Crippen LogP contribution in [-0.4, -0.2) is 97.8 Å². The predicted octanol–water partition coefficient (Wildman–Crippen LogP) is 0.526. The molecule has 0 radical (unpaired) electrons. The zero-order valence-electron chi connectivity index (χ0n) is 15.5. The number of carbonyl (C=O) groups is 1. The summed E-state index contributed by atoms with van der Waals surface area (Å²) in [6, 6.07) is 1.26. The van der Waals surface area contributed by atoms with E-state index < -0.39 is 0 Å². The summed E-state index contributed by atoms with van der Waals surface area (Å²) in [5.74, 6) is 0.220. The first-order valence-corrected chi connectivity index (χ1v) is 10.4. The molecule has 142 valence electrons. The first-order valence-electron chi connectivity index (χ1n) is 10.4. The van der Waals surface area contributed by atoms with Gasteiger partial charge < -0.3 is 15.0 Å². The summed E-state index contributed by atoms with van der Waals surface area (Å²) in [6.45, 7) is 9.02. The second kappa shape index (κ2) is 8.33. The predicted molar refractivity (Wildman–Crippen MR) is 97.6 cm³/mol. The molecule has 0 spiro atoms. The van der Waals surface area contributed by atoms with E-state index in [9.17, 15) is 4.79 Å². The molecule has 3 heterocycles. The van der Waals surface area contributed by atoms with Gasteiger partial charge in [0.1, 0.15) is 0 Å². The summed E-state index contributed by atoms with van der Waals surface area (Å²) in [6.07, 6.45) is 7.88. The van der Waals surface area contributed by atoms with E-state index in [4.69, 9.17) is 4.74 Å². The van der Waals surface area contributed by atoms with Crippen LogP contribution in [0.4, 0.5) is 0 Å². The molecule has 1 atom stereocenters. The molecule has 1 saturated carbocycles. The molecular formula is C19H34N4O2. The fourth-order valence-electron chi connectivity index (χ4n) is 4.53. The van der Waals surface area contributed by atoms with E-state index in [0.29, 0.717) is 18.7 Å². The van der Waals surface area contributed by atoms with E-state index in [0.717, 1.165) is 71.3 Å². The molecule has 25 heavy (non-hydrogen) atoms. The van der Waals surface area contributed by atoms with Crippen LogP contribution >= 0.6 is 0 Å². The highest BCUT2D eigenvalue weighted by molar-refractivity contribution is 5.78. The summed E-state index contributed by atoms with van der Waals surface area (Å²) >= 11 is 0. The van der Waals surface area contributed by atoms with Crippen LogP contribution in [0.3, 0.4) is 0 Å². The molecule has 0 aromatic heterocycles. The Kier molecular flexibility index (Phi) is 5.90. The van der Waals surface area contributed by atoms with Crippen LogP contribution in [0, 0.1) is 0 Å². The van der Waals surface area contributed by atoms with E-state index in [1.54, 1.807) is 0 Å². The van der Waals surface area contributed by atoms with E-state index in [-0.39, 0.29) is 5.91 Å². The van der Waals surface area contributed by atoms with Gasteiger partial charge in [0, 0.05) is 64.5 Å². The molecule has 4 fully saturated rings. The largest absolute Gasteiger partial charge is 0.377 e. The van der Waals surface area contributed by atoms with Gasteiger partial charge in [-0.1, -0.05) is 0 Å². The Morgan fingerprint density at radius 1 is 0.920 bits per heavy atom. The Bertz CT molecular complexity index is 435. The van der Waals surface area contributed by atoms with Crippen molar-refractivity contribution >= 4 is 5.91 Å². The van der Waals surface area contributed by atoms with Gasteiger partial charge in [0.05, 0.1) is 12.6 Å². The minimum atomic E-state index is 0.220. The molecule has 6 heteroatoms. The quantitative estimate of drug-likeness (QED) is 0.757. The number of carbonyl (C=O) groups excluding carboxylic acids is 1. The van der Waals surface area contributed by atoms with Crippen molar-refractivity contribution in [2.45, 2.75) is 56.7 Å². The number of nitrogens with zero attached hydrogens (tertiary/aromatic N) is 3. The summed E-state index contributed by atoms with van der Waals surface area (Å²) in [5.41, 5.74) is 0. The lowest BCUT2D eigenvalue weighted by Crippen LogP contribution is -2.52. The summed E-state index contributed by atoms with van der Waals surface area (Å²) in [5, 5.41) is 3.28. The number of nitrogens with one attached hydrogen (secondary N) is 1. The van der Waals surface area contributed by atoms with Crippen LogP contribution in [-0.2, 0) is 9.53 Å². The van der Waals surface area contributed by atoms with Crippen molar-refractivity contribution in [2.75, 3.05) is 59.0 Å². The molecule has 4 rings (SSSR count). The zero-order chi connectivity index (χ0) is 17.1. The third-order valence-corrected chi connectivity index (χ3v) is 6.28. The number of rotatable bonds is 6. The second-order valence-electron chi connectivity index (χ2n) is 8.32. The average Bonchev–Trinajstić information content (AvgIpc) is 3.35. The van der Waals surface area contributed by atoms with E-state index in [2.05, 4.69) is 20.0 Å². The first-order chi connectivity index (χ1) is 12.3. The normalized spacial score (nSPS) is 30.6.